The number of hydrogen-bond acceptors (Lipinski definition) is 0. The van der Waals surface area contributed by atoms with Gasteiger partial charge in [0.25, 0.3) is 0 Å². The van der Waals surface area contributed by atoms with Crippen LogP contribution in [0, 0.1) is 0 Å². The fourth-order valence-corrected chi connectivity index (χ4v) is 4.32. The SMILES string of the molecule is C=C(CC(C)(CC(C)(C)c1ccccc1)c1ccccc1)c1ccccc1. The predicted octanol–water partition coefficient (Wildman–Crippen LogP) is 7.42. The fourth-order valence-electron chi connectivity index (χ4n) is 4.32. The normalized spacial score (nSPS) is 13.7. The quantitative estimate of drug-likeness (QED) is 0.414. The maximum atomic E-state index is 4.44. The molecular formula is C27H30. The molecule has 0 aromatic heterocycles. The molecule has 138 valence electrons. The lowest BCUT2D eigenvalue weighted by Gasteiger charge is -2.39. The predicted molar refractivity (Wildman–Crippen MR) is 118 cm³/mol. The van der Waals surface area contributed by atoms with Crippen molar-refractivity contribution >= 4 is 5.57 Å². The summed E-state index contributed by atoms with van der Waals surface area (Å²) in [4.78, 5) is 0. The highest BCUT2D eigenvalue weighted by Gasteiger charge is 2.35. The zero-order valence-corrected chi connectivity index (χ0v) is 16.8. The maximum Gasteiger partial charge on any atom is -0.00267 e. The first-order valence-corrected chi connectivity index (χ1v) is 9.75. The smallest absolute Gasteiger partial charge is 0.00267 e. The van der Waals surface area contributed by atoms with Crippen LogP contribution in [-0.4, -0.2) is 0 Å². The molecule has 3 aromatic rings. The highest BCUT2D eigenvalue weighted by molar-refractivity contribution is 5.64. The fraction of sp³-hybridized carbons (Fsp3) is 0.259. The van der Waals surface area contributed by atoms with Crippen LogP contribution in [0.1, 0.15) is 50.3 Å². The molecule has 0 fully saturated rings. The highest BCUT2D eigenvalue weighted by atomic mass is 14.4. The van der Waals surface area contributed by atoms with Gasteiger partial charge in [-0.15, -0.1) is 0 Å². The summed E-state index contributed by atoms with van der Waals surface area (Å²) in [6.45, 7) is 11.5. The topological polar surface area (TPSA) is 0 Å². The molecule has 0 saturated carbocycles. The molecule has 0 saturated heterocycles. The molecule has 0 heteroatoms. The van der Waals surface area contributed by atoms with E-state index < -0.39 is 0 Å². The standard InChI is InChI=1S/C27H30/c1-22(23-14-8-5-9-15-23)20-27(4,25-18-12-7-13-19-25)21-26(2,3)24-16-10-6-11-17-24/h5-19H,1,20-21H2,2-4H3. The lowest BCUT2D eigenvalue weighted by Crippen LogP contribution is -2.32. The Hall–Kier alpha value is -2.60. The maximum absolute atomic E-state index is 4.44. The van der Waals surface area contributed by atoms with E-state index in [9.17, 15) is 0 Å². The molecule has 0 nitrogen and oxygen atoms in total. The summed E-state index contributed by atoms with van der Waals surface area (Å²) >= 11 is 0. The lowest BCUT2D eigenvalue weighted by atomic mass is 9.65. The van der Waals surface area contributed by atoms with Gasteiger partial charge in [0.15, 0.2) is 0 Å². The van der Waals surface area contributed by atoms with Gasteiger partial charge in [-0.25, -0.2) is 0 Å². The summed E-state index contributed by atoms with van der Waals surface area (Å²) in [5, 5.41) is 0. The third-order valence-electron chi connectivity index (χ3n) is 5.64. The zero-order valence-electron chi connectivity index (χ0n) is 16.8. The molecule has 0 aliphatic rings. The summed E-state index contributed by atoms with van der Waals surface area (Å²) in [6, 6.07) is 32.3. The third-order valence-corrected chi connectivity index (χ3v) is 5.64. The van der Waals surface area contributed by atoms with Gasteiger partial charge < -0.3 is 0 Å². The van der Waals surface area contributed by atoms with Crippen molar-refractivity contribution in [3.05, 3.63) is 114 Å². The van der Waals surface area contributed by atoms with Crippen molar-refractivity contribution < 1.29 is 0 Å². The van der Waals surface area contributed by atoms with Crippen LogP contribution in [0.15, 0.2) is 97.6 Å². The van der Waals surface area contributed by atoms with Gasteiger partial charge in [-0.05, 0) is 45.9 Å². The zero-order chi connectivity index (χ0) is 19.3. The van der Waals surface area contributed by atoms with Crippen LogP contribution < -0.4 is 0 Å². The van der Waals surface area contributed by atoms with Crippen molar-refractivity contribution in [2.45, 2.75) is 44.4 Å². The molecular weight excluding hydrogens is 324 g/mol. The average molecular weight is 355 g/mol. The van der Waals surface area contributed by atoms with Crippen LogP contribution in [0.25, 0.3) is 5.57 Å². The van der Waals surface area contributed by atoms with E-state index in [1.165, 1.54) is 22.3 Å². The Morgan fingerprint density at radius 2 is 1.11 bits per heavy atom. The largest absolute Gasteiger partial charge is 0.0952 e. The minimum Gasteiger partial charge on any atom is -0.0952 e. The molecule has 0 spiro atoms. The van der Waals surface area contributed by atoms with Crippen LogP contribution in [0.5, 0.6) is 0 Å². The van der Waals surface area contributed by atoms with Crippen molar-refractivity contribution in [3.63, 3.8) is 0 Å². The first-order chi connectivity index (χ1) is 12.9. The van der Waals surface area contributed by atoms with Crippen LogP contribution in [0.3, 0.4) is 0 Å². The summed E-state index contributed by atoms with van der Waals surface area (Å²) in [7, 11) is 0. The molecule has 0 aliphatic carbocycles. The molecule has 0 heterocycles. The van der Waals surface area contributed by atoms with Crippen LogP contribution in [0.4, 0.5) is 0 Å². The Labute approximate surface area is 164 Å². The van der Waals surface area contributed by atoms with E-state index in [0.717, 1.165) is 12.8 Å². The lowest BCUT2D eigenvalue weighted by molar-refractivity contribution is 0.330. The van der Waals surface area contributed by atoms with E-state index in [-0.39, 0.29) is 10.8 Å². The minimum absolute atomic E-state index is 0.00747. The van der Waals surface area contributed by atoms with E-state index in [1.807, 2.05) is 0 Å². The highest BCUT2D eigenvalue weighted by Crippen LogP contribution is 2.43. The van der Waals surface area contributed by atoms with E-state index >= 15 is 0 Å². The van der Waals surface area contributed by atoms with E-state index in [0.29, 0.717) is 0 Å². The first kappa shape index (κ1) is 19.2. The molecule has 27 heavy (non-hydrogen) atoms. The van der Waals surface area contributed by atoms with E-state index in [2.05, 4.69) is 118 Å². The average Bonchev–Trinajstić information content (AvgIpc) is 2.69. The summed E-state index contributed by atoms with van der Waals surface area (Å²) < 4.78 is 0. The molecule has 0 radical (unpaired) electrons. The molecule has 0 bridgehead atoms. The Morgan fingerprint density at radius 3 is 1.63 bits per heavy atom. The van der Waals surface area contributed by atoms with E-state index in [4.69, 9.17) is 0 Å². The van der Waals surface area contributed by atoms with Gasteiger partial charge in [-0.2, -0.15) is 0 Å². The van der Waals surface area contributed by atoms with Crippen LogP contribution in [-0.2, 0) is 10.8 Å². The molecule has 0 aliphatic heterocycles. The van der Waals surface area contributed by atoms with Gasteiger partial charge in [-0.1, -0.05) is 118 Å². The van der Waals surface area contributed by atoms with Gasteiger partial charge in [0, 0.05) is 0 Å². The minimum atomic E-state index is 0.00747. The van der Waals surface area contributed by atoms with Crippen molar-refractivity contribution in [2.24, 2.45) is 0 Å². The van der Waals surface area contributed by atoms with Gasteiger partial charge in [-0.3, -0.25) is 0 Å². The molecule has 3 aromatic carbocycles. The molecule has 1 unspecified atom stereocenters. The Kier molecular flexibility index (Phi) is 5.65. The van der Waals surface area contributed by atoms with E-state index in [1.54, 1.807) is 0 Å². The number of hydrogen-bond donors (Lipinski definition) is 0. The molecule has 3 rings (SSSR count). The number of rotatable bonds is 7. The van der Waals surface area contributed by atoms with Gasteiger partial charge in [0.1, 0.15) is 0 Å². The number of benzene rings is 3. The van der Waals surface area contributed by atoms with Crippen molar-refractivity contribution in [2.75, 3.05) is 0 Å². The Bertz CT molecular complexity index is 860. The summed E-state index contributed by atoms with van der Waals surface area (Å²) in [5.74, 6) is 0. The van der Waals surface area contributed by atoms with Gasteiger partial charge in [0.05, 0.1) is 0 Å². The Morgan fingerprint density at radius 1 is 0.667 bits per heavy atom. The van der Waals surface area contributed by atoms with Gasteiger partial charge >= 0.3 is 0 Å². The molecule has 0 amide bonds. The van der Waals surface area contributed by atoms with Crippen molar-refractivity contribution in [1.82, 2.24) is 0 Å². The second kappa shape index (κ2) is 7.96. The van der Waals surface area contributed by atoms with Crippen molar-refractivity contribution in [3.8, 4) is 0 Å². The third kappa shape index (κ3) is 4.57. The number of allylic oxidation sites excluding steroid dienone is 1. The van der Waals surface area contributed by atoms with Crippen molar-refractivity contribution in [1.29, 1.82) is 0 Å². The second-order valence-electron chi connectivity index (χ2n) is 8.50. The first-order valence-electron chi connectivity index (χ1n) is 9.75. The van der Waals surface area contributed by atoms with Crippen LogP contribution in [0.2, 0.25) is 0 Å². The molecule has 0 N–H and O–H groups in total. The molecule has 1 atom stereocenters. The summed E-state index contributed by atoms with van der Waals surface area (Å²) in [6.07, 6.45) is 2.00. The second-order valence-corrected chi connectivity index (χ2v) is 8.50. The monoisotopic (exact) mass is 354 g/mol. The summed E-state index contributed by atoms with van der Waals surface area (Å²) in [5.41, 5.74) is 5.28. The van der Waals surface area contributed by atoms with Gasteiger partial charge in [0.2, 0.25) is 0 Å². The van der Waals surface area contributed by atoms with Crippen LogP contribution >= 0.6 is 0 Å². The Balaban J connectivity index is 1.95.